The first-order chi connectivity index (χ1) is 12.1. The maximum atomic E-state index is 12.7. The lowest BCUT2D eigenvalue weighted by atomic mass is 10.2. The van der Waals surface area contributed by atoms with Gasteiger partial charge in [-0.25, -0.2) is 4.98 Å². The van der Waals surface area contributed by atoms with E-state index >= 15 is 0 Å². The Morgan fingerprint density at radius 2 is 1.88 bits per heavy atom. The first-order valence-corrected chi connectivity index (χ1v) is 7.96. The highest BCUT2D eigenvalue weighted by atomic mass is 16.6. The van der Waals surface area contributed by atoms with Crippen LogP contribution in [0.2, 0.25) is 0 Å². The maximum absolute atomic E-state index is 12.7. The molecule has 0 aliphatic carbocycles. The largest absolute Gasteiger partial charge is 0.492 e. The average molecular weight is 339 g/mol. The maximum Gasteiger partial charge on any atom is 0.269 e. The molecule has 0 saturated heterocycles. The van der Waals surface area contributed by atoms with E-state index in [1.165, 1.54) is 12.1 Å². The molecule has 0 spiro atoms. The molecule has 1 aromatic heterocycles. The zero-order valence-corrected chi connectivity index (χ0v) is 13.7. The van der Waals surface area contributed by atoms with Crippen molar-refractivity contribution in [3.8, 4) is 5.75 Å². The lowest BCUT2D eigenvalue weighted by Crippen LogP contribution is -2.27. The lowest BCUT2D eigenvalue weighted by Gasteiger charge is -2.13. The summed E-state index contributed by atoms with van der Waals surface area (Å²) < 4.78 is 7.22. The summed E-state index contributed by atoms with van der Waals surface area (Å²) in [5.41, 5.74) is 0.613. The fraction of sp³-hybridized carbons (Fsp3) is 0.222. The minimum atomic E-state index is -0.461. The molecule has 128 valence electrons. The Morgan fingerprint density at radius 1 is 1.16 bits per heavy atom. The van der Waals surface area contributed by atoms with Crippen LogP contribution < -0.4 is 10.3 Å². The molecule has 7 nitrogen and oxygen atoms in total. The standard InChI is InChI=1S/C18H17N3O4/c1-2-17-19-16-6-4-3-5-15(16)18(22)20(17)11-12-25-14-9-7-13(8-10-14)21(23)24/h3-10H,2,11-12H2,1H3. The molecule has 0 saturated carbocycles. The summed E-state index contributed by atoms with van der Waals surface area (Å²) in [5.74, 6) is 1.22. The predicted molar refractivity (Wildman–Crippen MR) is 94.0 cm³/mol. The van der Waals surface area contributed by atoms with Crippen LogP contribution in [0.3, 0.4) is 0 Å². The van der Waals surface area contributed by atoms with Gasteiger partial charge < -0.3 is 4.74 Å². The summed E-state index contributed by atoms with van der Waals surface area (Å²) in [7, 11) is 0. The number of hydrogen-bond acceptors (Lipinski definition) is 5. The zero-order chi connectivity index (χ0) is 17.8. The molecule has 0 unspecified atom stereocenters. The summed E-state index contributed by atoms with van der Waals surface area (Å²) >= 11 is 0. The van der Waals surface area contributed by atoms with Gasteiger partial charge in [-0.3, -0.25) is 19.5 Å². The second kappa shape index (κ2) is 7.12. The van der Waals surface area contributed by atoms with Crippen LogP contribution in [0.15, 0.2) is 53.3 Å². The average Bonchev–Trinajstić information content (AvgIpc) is 2.63. The number of nitro benzene ring substituents is 1. The fourth-order valence-corrected chi connectivity index (χ4v) is 2.63. The monoisotopic (exact) mass is 339 g/mol. The van der Waals surface area contributed by atoms with Crippen molar-refractivity contribution in [2.75, 3.05) is 6.61 Å². The third-order valence-electron chi connectivity index (χ3n) is 3.89. The van der Waals surface area contributed by atoms with E-state index < -0.39 is 4.92 Å². The molecule has 0 atom stereocenters. The van der Waals surface area contributed by atoms with E-state index in [0.29, 0.717) is 35.4 Å². The quantitative estimate of drug-likeness (QED) is 0.509. The Morgan fingerprint density at radius 3 is 2.56 bits per heavy atom. The van der Waals surface area contributed by atoms with E-state index in [4.69, 9.17) is 4.74 Å². The summed E-state index contributed by atoms with van der Waals surface area (Å²) in [4.78, 5) is 27.4. The molecule has 3 rings (SSSR count). The molecule has 0 radical (unpaired) electrons. The minimum absolute atomic E-state index is 0.00979. The number of nitro groups is 1. The summed E-state index contributed by atoms with van der Waals surface area (Å²) in [5, 5.41) is 11.2. The van der Waals surface area contributed by atoms with Gasteiger partial charge in [0.05, 0.1) is 22.4 Å². The summed E-state index contributed by atoms with van der Waals surface area (Å²) in [6, 6.07) is 13.1. The molecule has 0 N–H and O–H groups in total. The van der Waals surface area contributed by atoms with Crippen LogP contribution in [0.4, 0.5) is 5.69 Å². The third kappa shape index (κ3) is 3.50. The van der Waals surface area contributed by atoms with Crippen molar-refractivity contribution < 1.29 is 9.66 Å². The molecule has 25 heavy (non-hydrogen) atoms. The van der Waals surface area contributed by atoms with Crippen molar-refractivity contribution in [3.63, 3.8) is 0 Å². The number of benzene rings is 2. The minimum Gasteiger partial charge on any atom is -0.492 e. The van der Waals surface area contributed by atoms with Gasteiger partial charge >= 0.3 is 0 Å². The molecule has 0 fully saturated rings. The molecule has 7 heteroatoms. The molecule has 1 heterocycles. The van der Waals surface area contributed by atoms with Crippen LogP contribution >= 0.6 is 0 Å². The Bertz CT molecular complexity index is 964. The number of non-ortho nitro benzene ring substituents is 1. The molecule has 3 aromatic rings. The van der Waals surface area contributed by atoms with Crippen molar-refractivity contribution in [2.45, 2.75) is 19.9 Å². The highest BCUT2D eigenvalue weighted by Crippen LogP contribution is 2.17. The van der Waals surface area contributed by atoms with Crippen LogP contribution in [0, 0.1) is 10.1 Å². The molecular weight excluding hydrogens is 322 g/mol. The summed E-state index contributed by atoms with van der Waals surface area (Å²) in [6.07, 6.45) is 0.637. The number of aryl methyl sites for hydroxylation is 1. The number of aromatic nitrogens is 2. The van der Waals surface area contributed by atoms with E-state index in [9.17, 15) is 14.9 Å². The summed E-state index contributed by atoms with van der Waals surface area (Å²) in [6.45, 7) is 2.58. The number of ether oxygens (including phenoxy) is 1. The molecule has 2 aromatic carbocycles. The Labute approximate surface area is 143 Å². The van der Waals surface area contributed by atoms with Gasteiger partial charge in [0.2, 0.25) is 0 Å². The van der Waals surface area contributed by atoms with Gasteiger partial charge in [0, 0.05) is 18.6 Å². The number of fused-ring (bicyclic) bond motifs is 1. The number of hydrogen-bond donors (Lipinski definition) is 0. The van der Waals surface area contributed by atoms with Crippen molar-refractivity contribution in [1.29, 1.82) is 0 Å². The molecular formula is C18H17N3O4. The van der Waals surface area contributed by atoms with E-state index in [1.54, 1.807) is 22.8 Å². The van der Waals surface area contributed by atoms with Gasteiger partial charge in [-0.05, 0) is 24.3 Å². The smallest absolute Gasteiger partial charge is 0.269 e. The van der Waals surface area contributed by atoms with Gasteiger partial charge in [0.1, 0.15) is 18.2 Å². The zero-order valence-electron chi connectivity index (χ0n) is 13.7. The predicted octanol–water partition coefficient (Wildman–Crippen LogP) is 2.95. The van der Waals surface area contributed by atoms with E-state index in [-0.39, 0.29) is 17.9 Å². The Kier molecular flexibility index (Phi) is 4.74. The third-order valence-corrected chi connectivity index (χ3v) is 3.89. The SMILES string of the molecule is CCc1nc2ccccc2c(=O)n1CCOc1ccc([N+](=O)[O-])cc1. The lowest BCUT2D eigenvalue weighted by molar-refractivity contribution is -0.384. The van der Waals surface area contributed by atoms with Crippen molar-refractivity contribution >= 4 is 16.6 Å². The van der Waals surface area contributed by atoms with Gasteiger partial charge in [-0.15, -0.1) is 0 Å². The van der Waals surface area contributed by atoms with Crippen molar-refractivity contribution in [3.05, 3.63) is 74.8 Å². The van der Waals surface area contributed by atoms with Crippen LogP contribution in [0.1, 0.15) is 12.7 Å². The van der Waals surface area contributed by atoms with Gasteiger partial charge in [0.25, 0.3) is 11.2 Å². The van der Waals surface area contributed by atoms with Gasteiger partial charge in [-0.1, -0.05) is 19.1 Å². The number of rotatable bonds is 6. The van der Waals surface area contributed by atoms with E-state index in [2.05, 4.69) is 4.98 Å². The first kappa shape index (κ1) is 16.6. The van der Waals surface area contributed by atoms with E-state index in [0.717, 1.165) is 0 Å². The van der Waals surface area contributed by atoms with E-state index in [1.807, 2.05) is 25.1 Å². The normalized spacial score (nSPS) is 10.8. The van der Waals surface area contributed by atoms with Gasteiger partial charge in [-0.2, -0.15) is 0 Å². The van der Waals surface area contributed by atoms with Crippen LogP contribution in [0.5, 0.6) is 5.75 Å². The van der Waals surface area contributed by atoms with Crippen molar-refractivity contribution in [1.82, 2.24) is 9.55 Å². The number of para-hydroxylation sites is 1. The molecule has 0 aliphatic heterocycles. The highest BCUT2D eigenvalue weighted by molar-refractivity contribution is 5.77. The topological polar surface area (TPSA) is 87.3 Å². The molecule has 0 bridgehead atoms. The van der Waals surface area contributed by atoms with Gasteiger partial charge in [0.15, 0.2) is 0 Å². The number of nitrogens with zero attached hydrogens (tertiary/aromatic N) is 3. The molecule has 0 amide bonds. The second-order valence-corrected chi connectivity index (χ2v) is 5.45. The molecule has 0 aliphatic rings. The Hall–Kier alpha value is -3.22. The van der Waals surface area contributed by atoms with Crippen LogP contribution in [-0.4, -0.2) is 21.1 Å². The first-order valence-electron chi connectivity index (χ1n) is 7.96. The fourth-order valence-electron chi connectivity index (χ4n) is 2.63. The second-order valence-electron chi connectivity index (χ2n) is 5.45. The van der Waals surface area contributed by atoms with Crippen LogP contribution in [-0.2, 0) is 13.0 Å². The van der Waals surface area contributed by atoms with Crippen molar-refractivity contribution in [2.24, 2.45) is 0 Å². The van der Waals surface area contributed by atoms with Crippen LogP contribution in [0.25, 0.3) is 10.9 Å². The Balaban J connectivity index is 1.77. The highest BCUT2D eigenvalue weighted by Gasteiger charge is 2.10.